The van der Waals surface area contributed by atoms with Gasteiger partial charge in [0.25, 0.3) is 0 Å². The van der Waals surface area contributed by atoms with E-state index in [4.69, 9.17) is 0 Å². The van der Waals surface area contributed by atoms with Crippen molar-refractivity contribution >= 4 is 17.9 Å². The second-order valence-corrected chi connectivity index (χ2v) is 8.98. The molecule has 0 saturated heterocycles. The molecule has 1 N–H and O–H groups in total. The Labute approximate surface area is 201 Å². The average molecular weight is 444 g/mol. The van der Waals surface area contributed by atoms with Gasteiger partial charge in [-0.1, -0.05) is 90.5 Å². The van der Waals surface area contributed by atoms with Crippen molar-refractivity contribution < 1.29 is 4.79 Å². The minimum Gasteiger partial charge on any atom is -0.368 e. The van der Waals surface area contributed by atoms with Crippen LogP contribution in [-0.4, -0.2) is 5.78 Å². The first-order valence-corrected chi connectivity index (χ1v) is 12.0. The predicted octanol–water partition coefficient (Wildman–Crippen LogP) is 5.40. The van der Waals surface area contributed by atoms with Gasteiger partial charge in [-0.25, -0.2) is 0 Å². The molecule has 6 rings (SSSR count). The molecule has 1 unspecified atom stereocenters. The van der Waals surface area contributed by atoms with Crippen molar-refractivity contribution in [2.45, 2.75) is 26.2 Å². The summed E-state index contributed by atoms with van der Waals surface area (Å²) in [6.07, 6.45) is 19.0. The van der Waals surface area contributed by atoms with Gasteiger partial charge in [-0.05, 0) is 71.0 Å². The Bertz CT molecular complexity index is 1410. The first kappa shape index (κ1) is 21.9. The first-order chi connectivity index (χ1) is 16.7. The monoisotopic (exact) mass is 443 g/mol. The molecule has 3 aromatic rings. The van der Waals surface area contributed by atoms with E-state index in [1.54, 1.807) is 0 Å². The van der Waals surface area contributed by atoms with Gasteiger partial charge in [-0.3, -0.25) is 4.79 Å². The Morgan fingerprint density at radius 1 is 0.794 bits per heavy atom. The molecule has 3 aromatic carbocycles. The van der Waals surface area contributed by atoms with Gasteiger partial charge >= 0.3 is 0 Å². The van der Waals surface area contributed by atoms with Gasteiger partial charge in [0.05, 0.1) is 0 Å². The standard InChI is InChI=1S/C26H22O.C6H7N/c1-17-6-8-20(9-7-17)26(27)21-11-10-19-13-14-23-22-5-3-2-4-18(22)12-15-24(23)25(19)16-21;1-2-4-6-7-5-3-1/h2-9,13-16,21H,10-12H2,1H3;1-7H. The lowest BCUT2D eigenvalue weighted by molar-refractivity contribution is 0.0947. The van der Waals surface area contributed by atoms with Crippen molar-refractivity contribution in [3.63, 3.8) is 0 Å². The fourth-order valence-corrected chi connectivity index (χ4v) is 4.86. The summed E-state index contributed by atoms with van der Waals surface area (Å²) in [4.78, 5) is 13.0. The van der Waals surface area contributed by atoms with Crippen molar-refractivity contribution in [2.24, 2.45) is 5.92 Å². The molecule has 168 valence electrons. The summed E-state index contributed by atoms with van der Waals surface area (Å²) in [5.74, 6) is 0.215. The summed E-state index contributed by atoms with van der Waals surface area (Å²) in [7, 11) is 0. The van der Waals surface area contributed by atoms with E-state index >= 15 is 0 Å². The lowest BCUT2D eigenvalue weighted by Gasteiger charge is -2.21. The molecule has 2 heteroatoms. The molecule has 0 bridgehead atoms. The van der Waals surface area contributed by atoms with E-state index in [9.17, 15) is 4.79 Å². The summed E-state index contributed by atoms with van der Waals surface area (Å²) in [6, 6.07) is 21.1. The van der Waals surface area contributed by atoms with Gasteiger partial charge in [-0.2, -0.15) is 0 Å². The normalized spacial score (nSPS) is 16.8. The fraction of sp³-hybridized carbons (Fsp3) is 0.156. The van der Waals surface area contributed by atoms with E-state index in [0.717, 1.165) is 24.8 Å². The van der Waals surface area contributed by atoms with Gasteiger partial charge < -0.3 is 5.32 Å². The topological polar surface area (TPSA) is 29.1 Å². The van der Waals surface area contributed by atoms with Crippen LogP contribution in [0.25, 0.3) is 23.3 Å². The zero-order chi connectivity index (χ0) is 23.3. The SMILES string of the molecule is C1=CC=CNC=C1.Cc1ccc(C(=O)C2C=c3c(ccc4c3=CCc3ccccc3-4)CC2)cc1. The van der Waals surface area contributed by atoms with Gasteiger partial charge in [0.2, 0.25) is 0 Å². The highest BCUT2D eigenvalue weighted by molar-refractivity contribution is 6.01. The van der Waals surface area contributed by atoms with Crippen LogP contribution in [0.4, 0.5) is 0 Å². The van der Waals surface area contributed by atoms with Crippen molar-refractivity contribution in [1.29, 1.82) is 0 Å². The average Bonchev–Trinajstić information content (AvgIpc) is 3.22. The highest BCUT2D eigenvalue weighted by Gasteiger charge is 2.22. The number of ketones is 1. The Balaban J connectivity index is 0.000000297. The lowest BCUT2D eigenvalue weighted by Crippen LogP contribution is -2.37. The van der Waals surface area contributed by atoms with Gasteiger partial charge in [-0.15, -0.1) is 0 Å². The van der Waals surface area contributed by atoms with E-state index in [-0.39, 0.29) is 11.7 Å². The number of nitrogens with one attached hydrogen (secondary N) is 1. The van der Waals surface area contributed by atoms with Crippen molar-refractivity contribution in [3.05, 3.63) is 130 Å². The maximum Gasteiger partial charge on any atom is 0.169 e. The molecule has 3 aliphatic rings. The van der Waals surface area contributed by atoms with Crippen LogP contribution in [0.3, 0.4) is 0 Å². The predicted molar refractivity (Wildman–Crippen MR) is 142 cm³/mol. The molecular formula is C32H29NO. The number of Topliss-reactive ketones (excluding diaryl/α,β-unsaturated/α-hetero) is 1. The van der Waals surface area contributed by atoms with Crippen LogP contribution in [0, 0.1) is 12.8 Å². The lowest BCUT2D eigenvalue weighted by atomic mass is 9.82. The van der Waals surface area contributed by atoms with Gasteiger partial charge in [0.15, 0.2) is 5.78 Å². The van der Waals surface area contributed by atoms with E-state index in [1.165, 1.54) is 38.3 Å². The van der Waals surface area contributed by atoms with Crippen molar-refractivity contribution in [1.82, 2.24) is 5.32 Å². The zero-order valence-corrected chi connectivity index (χ0v) is 19.5. The molecule has 1 atom stereocenters. The Hall–Kier alpha value is -3.91. The van der Waals surface area contributed by atoms with Crippen LogP contribution in [0.15, 0.2) is 97.4 Å². The molecule has 0 fully saturated rings. The molecule has 2 aliphatic carbocycles. The maximum absolute atomic E-state index is 13.0. The summed E-state index contributed by atoms with van der Waals surface area (Å²) in [5, 5.41) is 5.51. The summed E-state index contributed by atoms with van der Waals surface area (Å²) in [5.41, 5.74) is 7.40. The maximum atomic E-state index is 13.0. The number of allylic oxidation sites excluding steroid dienone is 4. The number of aryl methyl sites for hydroxylation is 2. The number of benzene rings is 3. The Morgan fingerprint density at radius 3 is 2.35 bits per heavy atom. The second kappa shape index (κ2) is 9.93. The van der Waals surface area contributed by atoms with Crippen molar-refractivity contribution in [2.75, 3.05) is 0 Å². The molecule has 0 spiro atoms. The molecular weight excluding hydrogens is 414 g/mol. The smallest absolute Gasteiger partial charge is 0.169 e. The second-order valence-electron chi connectivity index (χ2n) is 8.98. The molecule has 0 radical (unpaired) electrons. The number of fused-ring (bicyclic) bond motifs is 5. The van der Waals surface area contributed by atoms with Crippen LogP contribution >= 0.6 is 0 Å². The van der Waals surface area contributed by atoms with E-state index in [1.807, 2.05) is 61.0 Å². The molecule has 0 amide bonds. The molecule has 2 nitrogen and oxygen atoms in total. The first-order valence-electron chi connectivity index (χ1n) is 12.0. The number of hydrogen-bond donors (Lipinski definition) is 1. The van der Waals surface area contributed by atoms with E-state index in [0.29, 0.717) is 0 Å². The number of rotatable bonds is 2. The third-order valence-corrected chi connectivity index (χ3v) is 6.69. The summed E-state index contributed by atoms with van der Waals surface area (Å²) >= 11 is 0. The van der Waals surface area contributed by atoms with Crippen LogP contribution in [-0.2, 0) is 12.8 Å². The highest BCUT2D eigenvalue weighted by atomic mass is 16.1. The fourth-order valence-electron chi connectivity index (χ4n) is 4.86. The minimum atomic E-state index is -0.0303. The van der Waals surface area contributed by atoms with Gasteiger partial charge in [0.1, 0.15) is 0 Å². The Kier molecular flexibility index (Phi) is 6.40. The van der Waals surface area contributed by atoms with Gasteiger partial charge in [0, 0.05) is 23.9 Å². The minimum absolute atomic E-state index is 0.0303. The number of carbonyl (C=O) groups is 1. The summed E-state index contributed by atoms with van der Waals surface area (Å²) in [6.45, 7) is 2.05. The number of carbonyl (C=O) groups excluding carboxylic acids is 1. The van der Waals surface area contributed by atoms with E-state index < -0.39 is 0 Å². The third kappa shape index (κ3) is 4.58. The zero-order valence-electron chi connectivity index (χ0n) is 19.5. The van der Waals surface area contributed by atoms with Crippen LogP contribution in [0.5, 0.6) is 0 Å². The molecule has 0 saturated carbocycles. The van der Waals surface area contributed by atoms with Crippen LogP contribution in [0.2, 0.25) is 0 Å². The molecule has 0 aromatic heterocycles. The summed E-state index contributed by atoms with van der Waals surface area (Å²) < 4.78 is 0. The largest absolute Gasteiger partial charge is 0.368 e. The highest BCUT2D eigenvalue weighted by Crippen LogP contribution is 2.26. The quantitative estimate of drug-likeness (QED) is 0.538. The van der Waals surface area contributed by atoms with Crippen LogP contribution in [0.1, 0.15) is 33.5 Å². The number of hydrogen-bond acceptors (Lipinski definition) is 2. The molecule has 34 heavy (non-hydrogen) atoms. The molecule has 1 heterocycles. The third-order valence-electron chi connectivity index (χ3n) is 6.69. The van der Waals surface area contributed by atoms with Crippen molar-refractivity contribution in [3.8, 4) is 11.1 Å². The molecule has 1 aliphatic heterocycles. The van der Waals surface area contributed by atoms with Crippen LogP contribution < -0.4 is 15.8 Å². The van der Waals surface area contributed by atoms with E-state index in [2.05, 4.69) is 60.8 Å². The Morgan fingerprint density at radius 2 is 1.56 bits per heavy atom.